The fraction of sp³-hybridized carbons (Fsp3) is 0.150. The lowest BCUT2D eigenvalue weighted by Gasteiger charge is -2.11. The first-order chi connectivity index (χ1) is 14.3. The van der Waals surface area contributed by atoms with Crippen molar-refractivity contribution in [1.29, 1.82) is 0 Å². The third kappa shape index (κ3) is 5.65. The van der Waals surface area contributed by atoms with Crippen molar-refractivity contribution in [3.8, 4) is 5.75 Å². The zero-order valence-corrected chi connectivity index (χ0v) is 21.2. The average molecular weight is 672 g/mol. The van der Waals surface area contributed by atoms with E-state index in [1.54, 1.807) is 31.2 Å². The molecule has 0 aliphatic carbocycles. The van der Waals surface area contributed by atoms with Gasteiger partial charge >= 0.3 is 11.9 Å². The molecule has 0 amide bonds. The fourth-order valence-electron chi connectivity index (χ4n) is 2.45. The van der Waals surface area contributed by atoms with Crippen LogP contribution in [0.3, 0.4) is 0 Å². The molecule has 0 bridgehead atoms. The van der Waals surface area contributed by atoms with Gasteiger partial charge in [-0.3, -0.25) is 0 Å². The molecule has 156 valence electrons. The van der Waals surface area contributed by atoms with Gasteiger partial charge in [0.05, 0.1) is 23.8 Å². The predicted molar refractivity (Wildman–Crippen MR) is 131 cm³/mol. The maximum Gasteiger partial charge on any atom is 0.363 e. The van der Waals surface area contributed by atoms with Gasteiger partial charge < -0.3 is 14.2 Å². The van der Waals surface area contributed by atoms with Gasteiger partial charge in [0.2, 0.25) is 5.90 Å². The fourth-order valence-corrected chi connectivity index (χ4v) is 4.88. The molecule has 0 fully saturated rings. The third-order valence-electron chi connectivity index (χ3n) is 3.75. The molecule has 0 atom stereocenters. The minimum atomic E-state index is -0.566. The molecule has 30 heavy (non-hydrogen) atoms. The first-order valence-electron chi connectivity index (χ1n) is 8.54. The van der Waals surface area contributed by atoms with Crippen molar-refractivity contribution in [1.82, 2.24) is 0 Å². The van der Waals surface area contributed by atoms with Crippen molar-refractivity contribution in [2.24, 2.45) is 4.99 Å². The van der Waals surface area contributed by atoms with Crippen LogP contribution in [0.15, 0.2) is 41.0 Å². The van der Waals surface area contributed by atoms with Gasteiger partial charge in [0, 0.05) is 5.56 Å². The van der Waals surface area contributed by atoms with Gasteiger partial charge in [-0.2, -0.15) is 0 Å². The number of rotatable bonds is 6. The minimum Gasteiger partial charge on any atom is -0.480 e. The highest BCUT2D eigenvalue weighted by Crippen LogP contribution is 2.31. The molecule has 1 aliphatic heterocycles. The Morgan fingerprint density at radius 3 is 2.50 bits per heavy atom. The number of cyclic esters (lactones) is 1. The Balaban J connectivity index is 1.83. The average Bonchev–Trinajstić information content (AvgIpc) is 3.04. The summed E-state index contributed by atoms with van der Waals surface area (Å²) in [6.45, 7) is 1.85. The Kier molecular flexibility index (Phi) is 7.99. The van der Waals surface area contributed by atoms with Crippen LogP contribution >= 0.6 is 68.4 Å². The molecule has 1 heterocycles. The lowest BCUT2D eigenvalue weighted by molar-refractivity contribution is -0.145. The molecule has 1 aliphatic rings. The third-order valence-corrected chi connectivity index (χ3v) is 6.09. The number of benzene rings is 2. The van der Waals surface area contributed by atoms with E-state index in [2.05, 4.69) is 50.2 Å². The van der Waals surface area contributed by atoms with Crippen molar-refractivity contribution in [3.05, 3.63) is 64.3 Å². The second-order valence-electron chi connectivity index (χ2n) is 5.87. The van der Waals surface area contributed by atoms with Gasteiger partial charge in [0.1, 0.15) is 5.75 Å². The summed E-state index contributed by atoms with van der Waals surface area (Å²) < 4.78 is 17.2. The molecule has 0 radical (unpaired) electrons. The Bertz CT molecular complexity index is 1060. The highest BCUT2D eigenvalue weighted by molar-refractivity contribution is 14.1. The van der Waals surface area contributed by atoms with E-state index < -0.39 is 11.9 Å². The van der Waals surface area contributed by atoms with Crippen LogP contribution < -0.4 is 4.74 Å². The molecule has 3 rings (SSSR count). The monoisotopic (exact) mass is 671 g/mol. The summed E-state index contributed by atoms with van der Waals surface area (Å²) >= 11 is 16.1. The maximum absolute atomic E-state index is 12.2. The summed E-state index contributed by atoms with van der Waals surface area (Å²) in [6.07, 6.45) is 1.62. The second-order valence-corrected chi connectivity index (χ2v) is 9.01. The number of ether oxygens (including phenoxy) is 3. The van der Waals surface area contributed by atoms with Crippen LogP contribution in [0.1, 0.15) is 18.1 Å². The van der Waals surface area contributed by atoms with Gasteiger partial charge in [-0.1, -0.05) is 23.2 Å². The summed E-state index contributed by atoms with van der Waals surface area (Å²) in [5, 5.41) is 0.739. The van der Waals surface area contributed by atoms with Crippen LogP contribution in [0.2, 0.25) is 10.0 Å². The minimum absolute atomic E-state index is 0.155. The molecule has 0 saturated heterocycles. The van der Waals surface area contributed by atoms with E-state index in [0.29, 0.717) is 28.0 Å². The Hall–Kier alpha value is -1.37. The van der Waals surface area contributed by atoms with Crippen molar-refractivity contribution in [2.75, 3.05) is 13.2 Å². The Morgan fingerprint density at radius 2 is 1.87 bits per heavy atom. The van der Waals surface area contributed by atoms with Crippen molar-refractivity contribution >= 4 is 92.3 Å². The van der Waals surface area contributed by atoms with Gasteiger partial charge in [-0.05, 0) is 94.1 Å². The molecular formula is C20H13Cl2I2NO5. The maximum atomic E-state index is 12.2. The second kappa shape index (κ2) is 10.3. The molecule has 0 spiro atoms. The topological polar surface area (TPSA) is 74.2 Å². The molecule has 6 nitrogen and oxygen atoms in total. The van der Waals surface area contributed by atoms with Crippen molar-refractivity contribution < 1.29 is 23.8 Å². The van der Waals surface area contributed by atoms with Crippen molar-refractivity contribution in [3.63, 3.8) is 0 Å². The summed E-state index contributed by atoms with van der Waals surface area (Å²) in [6, 6.07) is 8.49. The number of halogens is 4. The van der Waals surface area contributed by atoms with Gasteiger partial charge in [-0.25, -0.2) is 14.6 Å². The van der Waals surface area contributed by atoms with E-state index in [-0.39, 0.29) is 18.2 Å². The molecule has 2 aromatic carbocycles. The van der Waals surface area contributed by atoms with Crippen LogP contribution in [-0.4, -0.2) is 31.1 Å². The lowest BCUT2D eigenvalue weighted by atomic mass is 10.2. The van der Waals surface area contributed by atoms with E-state index in [4.69, 9.17) is 37.4 Å². The lowest BCUT2D eigenvalue weighted by Crippen LogP contribution is -2.15. The Morgan fingerprint density at radius 1 is 1.17 bits per heavy atom. The van der Waals surface area contributed by atoms with E-state index in [1.165, 1.54) is 0 Å². The smallest absolute Gasteiger partial charge is 0.363 e. The molecular weight excluding hydrogens is 659 g/mol. The number of carbonyl (C=O) groups is 2. The van der Waals surface area contributed by atoms with E-state index >= 15 is 0 Å². The van der Waals surface area contributed by atoms with Gasteiger partial charge in [0.25, 0.3) is 0 Å². The zero-order valence-electron chi connectivity index (χ0n) is 15.4. The summed E-state index contributed by atoms with van der Waals surface area (Å²) in [5.41, 5.74) is 1.44. The quantitative estimate of drug-likeness (QED) is 0.231. The normalized spacial score (nSPS) is 14.5. The highest BCUT2D eigenvalue weighted by Gasteiger charge is 2.25. The van der Waals surface area contributed by atoms with E-state index in [1.807, 2.05) is 12.1 Å². The molecule has 2 aromatic rings. The van der Waals surface area contributed by atoms with Crippen LogP contribution in [0, 0.1) is 7.14 Å². The number of hydrogen-bond donors (Lipinski definition) is 0. The molecule has 10 heteroatoms. The molecule has 0 unspecified atom stereocenters. The van der Waals surface area contributed by atoms with E-state index in [9.17, 15) is 9.59 Å². The molecule has 0 aromatic heterocycles. The number of esters is 2. The van der Waals surface area contributed by atoms with Crippen LogP contribution in [0.5, 0.6) is 5.75 Å². The number of nitrogens with zero attached hydrogens (tertiary/aromatic N) is 1. The molecule has 0 saturated carbocycles. The largest absolute Gasteiger partial charge is 0.480 e. The summed E-state index contributed by atoms with van der Waals surface area (Å²) in [7, 11) is 0. The van der Waals surface area contributed by atoms with E-state index in [0.717, 1.165) is 12.7 Å². The Labute approximate surface area is 209 Å². The van der Waals surface area contributed by atoms with Crippen molar-refractivity contribution in [2.45, 2.75) is 6.92 Å². The first-order valence-corrected chi connectivity index (χ1v) is 11.4. The summed E-state index contributed by atoms with van der Waals surface area (Å²) in [5.74, 6) is -0.277. The first kappa shape index (κ1) is 23.3. The SMILES string of the molecule is CCOC(=O)COc1c(I)cc(/C=C2\N=C(c3ccc(Cl)c(Cl)c3)OC2=O)cc1I. The summed E-state index contributed by atoms with van der Waals surface area (Å²) in [4.78, 5) is 28.0. The van der Waals surface area contributed by atoms with Crippen LogP contribution in [0.25, 0.3) is 6.08 Å². The van der Waals surface area contributed by atoms with Gasteiger partial charge in [-0.15, -0.1) is 0 Å². The molecule has 0 N–H and O–H groups in total. The standard InChI is InChI=1S/C20H13Cl2I2NO5/c1-2-28-17(26)9-29-18-14(23)5-10(6-15(18)24)7-16-20(27)30-19(25-16)11-3-4-12(21)13(22)8-11/h3-8H,2,9H2,1H3/b16-7-. The number of carbonyl (C=O) groups excluding carboxylic acids is 2. The number of hydrogen-bond acceptors (Lipinski definition) is 6. The number of aliphatic imine (C=N–C) groups is 1. The predicted octanol–water partition coefficient (Wildman–Crippen LogP) is 5.49. The van der Waals surface area contributed by atoms with Crippen LogP contribution in [-0.2, 0) is 19.1 Å². The van der Waals surface area contributed by atoms with Crippen LogP contribution in [0.4, 0.5) is 0 Å². The van der Waals surface area contributed by atoms with Gasteiger partial charge in [0.15, 0.2) is 12.3 Å². The zero-order chi connectivity index (χ0) is 21.8. The highest BCUT2D eigenvalue weighted by atomic mass is 127.